The van der Waals surface area contributed by atoms with Crippen LogP contribution in [0.25, 0.3) is 11.1 Å². The zero-order valence-electron chi connectivity index (χ0n) is 13.7. The summed E-state index contributed by atoms with van der Waals surface area (Å²) in [4.78, 5) is 46.9. The maximum Gasteiger partial charge on any atom is 0.337 e. The SMILES string of the molecule is O=C(O)c1c(Br)c(Br)c(-c2c(Br)c(Br)c(C(=O)O)c(C(=O)O)c2Br)c(Br)c1C(=O)O. The highest BCUT2D eigenvalue weighted by atomic mass is 79.9. The largest absolute Gasteiger partial charge is 0.478 e. The number of hydrogen-bond acceptors (Lipinski definition) is 4. The lowest BCUT2D eigenvalue weighted by molar-refractivity contribution is 0.0649. The molecule has 0 bridgehead atoms. The van der Waals surface area contributed by atoms with Crippen molar-refractivity contribution in [3.8, 4) is 11.1 Å². The molecule has 2 aromatic carbocycles. The molecule has 0 aliphatic rings. The van der Waals surface area contributed by atoms with E-state index in [0.717, 1.165) is 0 Å². The third-order valence-electron chi connectivity index (χ3n) is 3.75. The fraction of sp³-hybridized carbons (Fsp3) is 0. The predicted molar refractivity (Wildman–Crippen MR) is 126 cm³/mol. The Morgan fingerprint density at radius 2 is 0.600 bits per heavy atom. The highest BCUT2D eigenvalue weighted by Gasteiger charge is 2.34. The lowest BCUT2D eigenvalue weighted by Gasteiger charge is -2.20. The molecule has 0 heterocycles. The molecule has 158 valence electrons. The molecule has 0 atom stereocenters. The standard InChI is InChI=1S/C16H4Br6O8/c17-7-1(9(19)11(21)5(15(27)28)3(7)13(23)24)2-8(18)4(14(25)26)6(16(29)30)12(22)10(2)20/h(H,23,24)(H,25,26)(H,27,28)(H,29,30). The predicted octanol–water partition coefficient (Wildman–Crippen LogP) is 6.72. The molecule has 0 spiro atoms. The number of hydrogen-bond donors (Lipinski definition) is 4. The molecule has 0 fully saturated rings. The van der Waals surface area contributed by atoms with Gasteiger partial charge in [0.15, 0.2) is 0 Å². The van der Waals surface area contributed by atoms with Crippen LogP contribution in [0.15, 0.2) is 26.8 Å². The Morgan fingerprint density at radius 3 is 0.800 bits per heavy atom. The Kier molecular flexibility index (Phi) is 7.95. The van der Waals surface area contributed by atoms with Crippen molar-refractivity contribution in [3.63, 3.8) is 0 Å². The first kappa shape index (κ1) is 25.5. The van der Waals surface area contributed by atoms with Crippen LogP contribution in [0.5, 0.6) is 0 Å². The molecule has 4 N–H and O–H groups in total. The van der Waals surface area contributed by atoms with E-state index < -0.39 is 46.1 Å². The monoisotopic (exact) mass is 798 g/mol. The fourth-order valence-electron chi connectivity index (χ4n) is 2.56. The van der Waals surface area contributed by atoms with Crippen LogP contribution >= 0.6 is 95.6 Å². The van der Waals surface area contributed by atoms with E-state index in [0.29, 0.717) is 0 Å². The normalized spacial score (nSPS) is 10.7. The molecule has 8 nitrogen and oxygen atoms in total. The van der Waals surface area contributed by atoms with Gasteiger partial charge in [-0.2, -0.15) is 0 Å². The molecule has 0 saturated heterocycles. The smallest absolute Gasteiger partial charge is 0.337 e. The van der Waals surface area contributed by atoms with Gasteiger partial charge in [0.1, 0.15) is 0 Å². The van der Waals surface area contributed by atoms with Crippen molar-refractivity contribution < 1.29 is 39.6 Å². The van der Waals surface area contributed by atoms with Gasteiger partial charge in [-0.05, 0) is 95.6 Å². The number of benzene rings is 2. The minimum Gasteiger partial charge on any atom is -0.478 e. The van der Waals surface area contributed by atoms with Crippen molar-refractivity contribution in [2.24, 2.45) is 0 Å². The van der Waals surface area contributed by atoms with Crippen molar-refractivity contribution in [1.29, 1.82) is 0 Å². The van der Waals surface area contributed by atoms with Crippen LogP contribution in [-0.4, -0.2) is 44.3 Å². The first-order chi connectivity index (χ1) is 13.7. The second-order valence-electron chi connectivity index (χ2n) is 5.35. The topological polar surface area (TPSA) is 149 Å². The van der Waals surface area contributed by atoms with Crippen LogP contribution in [-0.2, 0) is 0 Å². The van der Waals surface area contributed by atoms with Crippen LogP contribution < -0.4 is 0 Å². The van der Waals surface area contributed by atoms with Crippen LogP contribution in [0, 0.1) is 0 Å². The molecular weight excluding hydrogens is 800 g/mol. The summed E-state index contributed by atoms with van der Waals surface area (Å²) >= 11 is 18.8. The van der Waals surface area contributed by atoms with Crippen molar-refractivity contribution in [1.82, 2.24) is 0 Å². The maximum atomic E-state index is 11.8. The zero-order valence-corrected chi connectivity index (χ0v) is 23.2. The van der Waals surface area contributed by atoms with Gasteiger partial charge in [0.05, 0.1) is 22.3 Å². The highest BCUT2D eigenvalue weighted by Crippen LogP contribution is 2.52. The third-order valence-corrected chi connectivity index (χ3v) is 9.57. The van der Waals surface area contributed by atoms with Crippen LogP contribution in [0.4, 0.5) is 0 Å². The zero-order chi connectivity index (χ0) is 23.2. The van der Waals surface area contributed by atoms with Crippen LogP contribution in [0.1, 0.15) is 41.4 Å². The number of aromatic carboxylic acids is 4. The lowest BCUT2D eigenvalue weighted by Crippen LogP contribution is -2.14. The van der Waals surface area contributed by atoms with Gasteiger partial charge in [0, 0.05) is 38.0 Å². The molecule has 2 rings (SSSR count). The van der Waals surface area contributed by atoms with E-state index in [4.69, 9.17) is 0 Å². The summed E-state index contributed by atoms with van der Waals surface area (Å²) in [5.41, 5.74) is -2.16. The van der Waals surface area contributed by atoms with Crippen LogP contribution in [0.3, 0.4) is 0 Å². The Hall–Kier alpha value is -0.800. The van der Waals surface area contributed by atoms with Gasteiger partial charge in [-0.25, -0.2) is 19.2 Å². The molecule has 0 aromatic heterocycles. The van der Waals surface area contributed by atoms with Gasteiger partial charge in [-0.15, -0.1) is 0 Å². The van der Waals surface area contributed by atoms with Crippen molar-refractivity contribution in [2.45, 2.75) is 0 Å². The minimum absolute atomic E-state index is 0.0585. The quantitative estimate of drug-likeness (QED) is 0.244. The molecule has 0 aliphatic heterocycles. The van der Waals surface area contributed by atoms with E-state index >= 15 is 0 Å². The van der Waals surface area contributed by atoms with E-state index in [9.17, 15) is 39.6 Å². The fourth-order valence-corrected chi connectivity index (χ4v) is 6.95. The summed E-state index contributed by atoms with van der Waals surface area (Å²) in [7, 11) is 0. The van der Waals surface area contributed by atoms with Crippen LogP contribution in [0.2, 0.25) is 0 Å². The Labute approximate surface area is 217 Å². The summed E-state index contributed by atoms with van der Waals surface area (Å²) in [5.74, 6) is -6.14. The summed E-state index contributed by atoms with van der Waals surface area (Å²) in [5, 5.41) is 38.1. The average molecular weight is 804 g/mol. The van der Waals surface area contributed by atoms with Crippen molar-refractivity contribution in [2.75, 3.05) is 0 Å². The number of carboxylic acid groups (broad SMARTS) is 4. The average Bonchev–Trinajstić information content (AvgIpc) is 2.61. The summed E-state index contributed by atoms with van der Waals surface area (Å²) < 4.78 is -0.390. The molecule has 0 radical (unpaired) electrons. The molecule has 14 heteroatoms. The van der Waals surface area contributed by atoms with E-state index in [1.165, 1.54) is 0 Å². The second kappa shape index (κ2) is 9.36. The molecule has 2 aromatic rings. The number of halogens is 6. The molecular formula is C16H4Br6O8. The molecule has 0 amide bonds. The third kappa shape index (κ3) is 4.13. The lowest BCUT2D eigenvalue weighted by atomic mass is 9.95. The first-order valence-corrected chi connectivity index (χ1v) is 11.9. The Bertz CT molecular complexity index is 1080. The van der Waals surface area contributed by atoms with Gasteiger partial charge in [-0.3, -0.25) is 0 Å². The summed E-state index contributed by atoms with van der Waals surface area (Å²) in [6.45, 7) is 0. The Morgan fingerprint density at radius 1 is 0.400 bits per heavy atom. The van der Waals surface area contributed by atoms with Gasteiger partial charge in [0.2, 0.25) is 0 Å². The number of rotatable bonds is 5. The number of carbonyl (C=O) groups is 4. The maximum absolute atomic E-state index is 11.8. The summed E-state index contributed by atoms with van der Waals surface area (Å²) in [6, 6.07) is 0. The number of carboxylic acids is 4. The van der Waals surface area contributed by atoms with Gasteiger partial charge >= 0.3 is 23.9 Å². The summed E-state index contributed by atoms with van der Waals surface area (Å²) in [6.07, 6.45) is 0. The Balaban J connectivity index is 3.22. The van der Waals surface area contributed by atoms with Gasteiger partial charge in [0.25, 0.3) is 0 Å². The molecule has 30 heavy (non-hydrogen) atoms. The van der Waals surface area contributed by atoms with Gasteiger partial charge < -0.3 is 20.4 Å². The van der Waals surface area contributed by atoms with Crippen molar-refractivity contribution in [3.05, 3.63) is 49.1 Å². The van der Waals surface area contributed by atoms with E-state index in [1.807, 2.05) is 0 Å². The second-order valence-corrected chi connectivity index (χ2v) is 10.1. The minimum atomic E-state index is -1.55. The van der Waals surface area contributed by atoms with E-state index in [2.05, 4.69) is 95.6 Å². The molecule has 0 unspecified atom stereocenters. The molecule has 0 saturated carbocycles. The van der Waals surface area contributed by atoms with E-state index in [1.54, 1.807) is 0 Å². The van der Waals surface area contributed by atoms with E-state index in [-0.39, 0.29) is 38.0 Å². The first-order valence-electron chi connectivity index (χ1n) is 7.09. The highest BCUT2D eigenvalue weighted by molar-refractivity contribution is 9.13. The molecule has 0 aliphatic carbocycles. The van der Waals surface area contributed by atoms with Gasteiger partial charge in [-0.1, -0.05) is 0 Å². The van der Waals surface area contributed by atoms with Crippen molar-refractivity contribution >= 4 is 119 Å².